The molecule has 5 nitrogen and oxygen atoms in total. The molecule has 5 heteroatoms. The second-order valence-electron chi connectivity index (χ2n) is 5.15. The minimum absolute atomic E-state index is 0.114. The van der Waals surface area contributed by atoms with Gasteiger partial charge in [-0.1, -0.05) is 30.3 Å². The van der Waals surface area contributed by atoms with E-state index < -0.39 is 5.97 Å². The van der Waals surface area contributed by atoms with Gasteiger partial charge in [-0.15, -0.1) is 0 Å². The Hall–Kier alpha value is -2.69. The third kappa shape index (κ3) is 2.27. The number of hydrogen-bond acceptors (Lipinski definition) is 3. The molecule has 2 heterocycles. The van der Waals surface area contributed by atoms with E-state index in [1.54, 1.807) is 16.9 Å². The van der Waals surface area contributed by atoms with Crippen molar-refractivity contribution in [3.63, 3.8) is 0 Å². The molecule has 1 aromatic carbocycles. The molecule has 21 heavy (non-hydrogen) atoms. The SMILES string of the molecule is CC(C)n1ncc2c(C(=O)O)cc(-c3ccccc3)nc21. The lowest BCUT2D eigenvalue weighted by molar-refractivity contribution is 0.0699. The molecular weight excluding hydrogens is 266 g/mol. The van der Waals surface area contributed by atoms with Crippen LogP contribution >= 0.6 is 0 Å². The van der Waals surface area contributed by atoms with Gasteiger partial charge in [0, 0.05) is 11.6 Å². The van der Waals surface area contributed by atoms with Crippen molar-refractivity contribution in [3.8, 4) is 11.3 Å². The maximum atomic E-state index is 11.5. The van der Waals surface area contributed by atoms with Crippen LogP contribution in [-0.4, -0.2) is 25.8 Å². The summed E-state index contributed by atoms with van der Waals surface area (Å²) in [5.74, 6) is -0.970. The summed E-state index contributed by atoms with van der Waals surface area (Å²) in [6.45, 7) is 3.98. The molecule has 0 amide bonds. The number of aromatic nitrogens is 3. The Morgan fingerprint density at radius 1 is 1.24 bits per heavy atom. The van der Waals surface area contributed by atoms with Gasteiger partial charge >= 0.3 is 5.97 Å². The van der Waals surface area contributed by atoms with E-state index in [0.29, 0.717) is 16.7 Å². The molecule has 0 fully saturated rings. The van der Waals surface area contributed by atoms with Gasteiger partial charge in [-0.2, -0.15) is 5.10 Å². The fraction of sp³-hybridized carbons (Fsp3) is 0.188. The van der Waals surface area contributed by atoms with Crippen LogP contribution < -0.4 is 0 Å². The van der Waals surface area contributed by atoms with Crippen LogP contribution in [0.2, 0.25) is 0 Å². The summed E-state index contributed by atoms with van der Waals surface area (Å²) in [5, 5.41) is 14.3. The van der Waals surface area contributed by atoms with Crippen molar-refractivity contribution >= 4 is 17.0 Å². The van der Waals surface area contributed by atoms with Gasteiger partial charge in [-0.05, 0) is 19.9 Å². The van der Waals surface area contributed by atoms with E-state index in [-0.39, 0.29) is 11.6 Å². The van der Waals surface area contributed by atoms with Gasteiger partial charge in [0.05, 0.1) is 22.8 Å². The minimum atomic E-state index is -0.970. The molecule has 0 aliphatic carbocycles. The normalized spacial score (nSPS) is 11.2. The van der Waals surface area contributed by atoms with E-state index in [2.05, 4.69) is 10.1 Å². The van der Waals surface area contributed by atoms with Crippen LogP contribution in [0, 0.1) is 0 Å². The van der Waals surface area contributed by atoms with Crippen molar-refractivity contribution in [1.82, 2.24) is 14.8 Å². The van der Waals surface area contributed by atoms with Crippen molar-refractivity contribution < 1.29 is 9.90 Å². The van der Waals surface area contributed by atoms with Crippen LogP contribution in [0.4, 0.5) is 0 Å². The molecule has 106 valence electrons. The van der Waals surface area contributed by atoms with Crippen molar-refractivity contribution in [2.45, 2.75) is 19.9 Å². The average molecular weight is 281 g/mol. The first-order chi connectivity index (χ1) is 10.1. The first-order valence-electron chi connectivity index (χ1n) is 6.75. The summed E-state index contributed by atoms with van der Waals surface area (Å²) in [6, 6.07) is 11.3. The number of carbonyl (C=O) groups is 1. The number of fused-ring (bicyclic) bond motifs is 1. The Bertz CT molecular complexity index is 807. The Morgan fingerprint density at radius 2 is 1.95 bits per heavy atom. The molecule has 0 unspecified atom stereocenters. The van der Waals surface area contributed by atoms with Gasteiger partial charge in [0.2, 0.25) is 0 Å². The quantitative estimate of drug-likeness (QED) is 0.799. The van der Waals surface area contributed by atoms with Crippen molar-refractivity contribution in [2.24, 2.45) is 0 Å². The molecule has 0 bridgehead atoms. The van der Waals surface area contributed by atoms with Crippen molar-refractivity contribution in [1.29, 1.82) is 0 Å². The maximum absolute atomic E-state index is 11.5. The molecule has 0 aliphatic rings. The number of hydrogen-bond donors (Lipinski definition) is 1. The number of carboxylic acids is 1. The monoisotopic (exact) mass is 281 g/mol. The smallest absolute Gasteiger partial charge is 0.336 e. The van der Waals surface area contributed by atoms with E-state index in [4.69, 9.17) is 0 Å². The number of carboxylic acid groups (broad SMARTS) is 1. The zero-order valence-corrected chi connectivity index (χ0v) is 11.8. The lowest BCUT2D eigenvalue weighted by Crippen LogP contribution is -2.05. The average Bonchev–Trinajstić information content (AvgIpc) is 2.90. The Labute approximate surface area is 121 Å². The summed E-state index contributed by atoms with van der Waals surface area (Å²) < 4.78 is 1.74. The number of rotatable bonds is 3. The van der Waals surface area contributed by atoms with Crippen LogP contribution in [-0.2, 0) is 0 Å². The zero-order valence-electron chi connectivity index (χ0n) is 11.8. The highest BCUT2D eigenvalue weighted by molar-refractivity contribution is 6.02. The molecule has 2 aromatic heterocycles. The predicted octanol–water partition coefficient (Wildman–Crippen LogP) is 3.38. The van der Waals surface area contributed by atoms with Crippen LogP contribution in [0.15, 0.2) is 42.6 Å². The van der Waals surface area contributed by atoms with E-state index in [1.165, 1.54) is 0 Å². The van der Waals surface area contributed by atoms with Gasteiger partial charge < -0.3 is 5.11 Å². The van der Waals surface area contributed by atoms with Crippen LogP contribution in [0.3, 0.4) is 0 Å². The Morgan fingerprint density at radius 3 is 2.57 bits per heavy atom. The van der Waals surface area contributed by atoms with Gasteiger partial charge in [0.1, 0.15) is 0 Å². The highest BCUT2D eigenvalue weighted by atomic mass is 16.4. The lowest BCUT2D eigenvalue weighted by atomic mass is 10.1. The third-order valence-electron chi connectivity index (χ3n) is 3.36. The first-order valence-corrected chi connectivity index (χ1v) is 6.75. The van der Waals surface area contributed by atoms with E-state index in [0.717, 1.165) is 5.56 Å². The molecule has 3 aromatic rings. The molecule has 3 rings (SSSR count). The molecule has 0 spiro atoms. The lowest BCUT2D eigenvalue weighted by Gasteiger charge is -2.09. The van der Waals surface area contributed by atoms with Crippen LogP contribution in [0.25, 0.3) is 22.3 Å². The maximum Gasteiger partial charge on any atom is 0.336 e. The van der Waals surface area contributed by atoms with E-state index >= 15 is 0 Å². The molecule has 0 aliphatic heterocycles. The number of benzene rings is 1. The topological polar surface area (TPSA) is 68.0 Å². The second-order valence-corrected chi connectivity index (χ2v) is 5.15. The molecule has 0 saturated heterocycles. The summed E-state index contributed by atoms with van der Waals surface area (Å²) in [7, 11) is 0. The van der Waals surface area contributed by atoms with Gasteiger partial charge in [-0.3, -0.25) is 0 Å². The number of nitrogens with zero attached hydrogens (tertiary/aromatic N) is 3. The third-order valence-corrected chi connectivity index (χ3v) is 3.36. The largest absolute Gasteiger partial charge is 0.478 e. The summed E-state index contributed by atoms with van der Waals surface area (Å²) in [5.41, 5.74) is 2.36. The van der Waals surface area contributed by atoms with Gasteiger partial charge in [0.15, 0.2) is 5.65 Å². The first kappa shape index (κ1) is 13.3. The van der Waals surface area contributed by atoms with Crippen LogP contribution in [0.1, 0.15) is 30.2 Å². The number of pyridine rings is 1. The molecule has 0 radical (unpaired) electrons. The zero-order chi connectivity index (χ0) is 15.0. The predicted molar refractivity (Wildman–Crippen MR) is 80.3 cm³/mol. The highest BCUT2D eigenvalue weighted by Crippen LogP contribution is 2.26. The summed E-state index contributed by atoms with van der Waals surface area (Å²) in [6.07, 6.45) is 1.57. The van der Waals surface area contributed by atoms with Gasteiger partial charge in [-0.25, -0.2) is 14.5 Å². The van der Waals surface area contributed by atoms with Crippen molar-refractivity contribution in [2.75, 3.05) is 0 Å². The summed E-state index contributed by atoms with van der Waals surface area (Å²) in [4.78, 5) is 16.1. The molecule has 1 N–H and O–H groups in total. The summed E-state index contributed by atoms with van der Waals surface area (Å²) >= 11 is 0. The highest BCUT2D eigenvalue weighted by Gasteiger charge is 2.17. The minimum Gasteiger partial charge on any atom is -0.478 e. The van der Waals surface area contributed by atoms with Crippen molar-refractivity contribution in [3.05, 3.63) is 48.2 Å². The molecular formula is C16H15N3O2. The van der Waals surface area contributed by atoms with E-state index in [1.807, 2.05) is 44.2 Å². The molecule has 0 saturated carbocycles. The van der Waals surface area contributed by atoms with Gasteiger partial charge in [0.25, 0.3) is 0 Å². The molecule has 0 atom stereocenters. The Balaban J connectivity index is 2.32. The fourth-order valence-corrected chi connectivity index (χ4v) is 2.33. The number of aromatic carboxylic acids is 1. The standard InChI is InChI=1S/C16H15N3O2/c1-10(2)19-15-13(9-17-19)12(16(20)21)8-14(18-15)11-6-4-3-5-7-11/h3-10H,1-2H3,(H,20,21). The Kier molecular flexibility index (Phi) is 3.17. The fourth-order valence-electron chi connectivity index (χ4n) is 2.33. The van der Waals surface area contributed by atoms with E-state index in [9.17, 15) is 9.90 Å². The second kappa shape index (κ2) is 5.01. The van der Waals surface area contributed by atoms with Crippen LogP contribution in [0.5, 0.6) is 0 Å².